The Morgan fingerprint density at radius 2 is 1.31 bits per heavy atom. The molecule has 0 aromatic heterocycles. The lowest BCUT2D eigenvalue weighted by Gasteiger charge is -2.47. The molecule has 0 unspecified atom stereocenters. The molecule has 0 atom stereocenters. The normalized spacial score (nSPS) is 18.4. The molecule has 0 fully saturated rings. The summed E-state index contributed by atoms with van der Waals surface area (Å²) in [4.78, 5) is 4.84. The summed E-state index contributed by atoms with van der Waals surface area (Å²) in [7, 11) is 0. The first-order valence-corrected chi connectivity index (χ1v) is 9.58. The smallest absolute Gasteiger partial charge is 0.248 e. The van der Waals surface area contributed by atoms with Crippen molar-refractivity contribution in [3.05, 3.63) is 41.7 Å². The van der Waals surface area contributed by atoms with Gasteiger partial charge in [0.15, 0.2) is 5.76 Å². The third-order valence-electron chi connectivity index (χ3n) is 3.69. The molecule has 1 aliphatic carbocycles. The summed E-state index contributed by atoms with van der Waals surface area (Å²) in [5, 5.41) is 0. The second-order valence-electron chi connectivity index (χ2n) is 7.76. The molecular weight excluding hydrogens is 326 g/mol. The van der Waals surface area contributed by atoms with Crippen molar-refractivity contribution in [3.8, 4) is 0 Å². The molecule has 1 aliphatic rings. The minimum atomic E-state index is -1.00. The SMILES string of the molecule is CC(C)N=C1C(OC(C)C)=C(c2ccccc2)C1(OC(C)C)OC(C)C. The average molecular weight is 360 g/mol. The maximum absolute atomic E-state index is 6.39. The number of hydrogen-bond donors (Lipinski definition) is 0. The van der Waals surface area contributed by atoms with Gasteiger partial charge in [0.2, 0.25) is 5.79 Å². The molecule has 26 heavy (non-hydrogen) atoms. The van der Waals surface area contributed by atoms with Gasteiger partial charge in [0, 0.05) is 6.04 Å². The molecule has 0 spiro atoms. The minimum Gasteiger partial charge on any atom is -0.488 e. The van der Waals surface area contributed by atoms with Crippen LogP contribution in [0, 0.1) is 0 Å². The third-order valence-corrected chi connectivity index (χ3v) is 3.69. The van der Waals surface area contributed by atoms with Gasteiger partial charge in [0.05, 0.1) is 23.9 Å². The highest BCUT2D eigenvalue weighted by Gasteiger charge is 2.57. The molecule has 1 aromatic carbocycles. The van der Waals surface area contributed by atoms with Gasteiger partial charge in [-0.1, -0.05) is 30.3 Å². The Balaban J connectivity index is 2.71. The zero-order valence-electron chi connectivity index (χ0n) is 17.4. The van der Waals surface area contributed by atoms with E-state index in [0.717, 1.165) is 22.6 Å². The van der Waals surface area contributed by atoms with E-state index in [1.807, 2.05) is 59.7 Å². The molecule has 0 radical (unpaired) electrons. The first-order chi connectivity index (χ1) is 12.2. The van der Waals surface area contributed by atoms with E-state index in [4.69, 9.17) is 19.2 Å². The first-order valence-electron chi connectivity index (χ1n) is 9.58. The molecule has 0 saturated heterocycles. The molecule has 144 valence electrons. The molecule has 0 heterocycles. The van der Waals surface area contributed by atoms with Gasteiger partial charge in [-0.2, -0.15) is 0 Å². The van der Waals surface area contributed by atoms with Crippen molar-refractivity contribution < 1.29 is 14.2 Å². The van der Waals surface area contributed by atoms with E-state index >= 15 is 0 Å². The van der Waals surface area contributed by atoms with Crippen LogP contribution >= 0.6 is 0 Å². The van der Waals surface area contributed by atoms with Crippen molar-refractivity contribution in [2.45, 2.75) is 85.5 Å². The zero-order chi connectivity index (χ0) is 19.5. The first kappa shape index (κ1) is 20.7. The Bertz CT molecular complexity index is 647. The Morgan fingerprint density at radius 1 is 0.769 bits per heavy atom. The summed E-state index contributed by atoms with van der Waals surface area (Å²) in [5.74, 6) is -0.223. The lowest BCUT2D eigenvalue weighted by atomic mass is 9.79. The summed E-state index contributed by atoms with van der Waals surface area (Å²) < 4.78 is 18.9. The van der Waals surface area contributed by atoms with E-state index < -0.39 is 5.79 Å². The molecule has 0 bridgehead atoms. The fourth-order valence-corrected chi connectivity index (χ4v) is 3.07. The summed E-state index contributed by atoms with van der Waals surface area (Å²) in [6.07, 6.45) is -0.00646. The van der Waals surface area contributed by atoms with Gasteiger partial charge in [-0.25, -0.2) is 0 Å². The van der Waals surface area contributed by atoms with Gasteiger partial charge in [0.25, 0.3) is 0 Å². The van der Waals surface area contributed by atoms with Crippen molar-refractivity contribution in [2.24, 2.45) is 4.99 Å². The largest absolute Gasteiger partial charge is 0.488 e. The predicted octanol–water partition coefficient (Wildman–Crippen LogP) is 5.23. The number of nitrogens with zero attached hydrogens (tertiary/aromatic N) is 1. The third kappa shape index (κ3) is 4.36. The van der Waals surface area contributed by atoms with Gasteiger partial charge in [-0.3, -0.25) is 4.99 Å². The number of benzene rings is 1. The molecule has 0 aliphatic heterocycles. The van der Waals surface area contributed by atoms with Crippen molar-refractivity contribution >= 4 is 11.3 Å². The summed E-state index contributed by atoms with van der Waals surface area (Å²) in [6.45, 7) is 16.2. The second kappa shape index (κ2) is 8.36. The maximum atomic E-state index is 6.39. The molecule has 4 nitrogen and oxygen atoms in total. The Hall–Kier alpha value is -1.65. The monoisotopic (exact) mass is 359 g/mol. The second-order valence-corrected chi connectivity index (χ2v) is 7.76. The van der Waals surface area contributed by atoms with Crippen LogP contribution < -0.4 is 0 Å². The fourth-order valence-electron chi connectivity index (χ4n) is 3.07. The molecular formula is C22H33NO3. The molecule has 1 aromatic rings. The van der Waals surface area contributed by atoms with Crippen LogP contribution in [0.1, 0.15) is 61.0 Å². The summed E-state index contributed by atoms with van der Waals surface area (Å²) in [5.41, 5.74) is 2.71. The molecule has 4 heteroatoms. The molecule has 0 saturated carbocycles. The van der Waals surface area contributed by atoms with E-state index in [1.165, 1.54) is 0 Å². The lowest BCUT2D eigenvalue weighted by molar-refractivity contribution is -0.195. The van der Waals surface area contributed by atoms with Gasteiger partial charge < -0.3 is 14.2 Å². The van der Waals surface area contributed by atoms with Crippen LogP contribution in [-0.4, -0.2) is 35.9 Å². The van der Waals surface area contributed by atoms with Crippen molar-refractivity contribution in [1.29, 1.82) is 0 Å². The van der Waals surface area contributed by atoms with E-state index in [-0.39, 0.29) is 24.4 Å². The zero-order valence-corrected chi connectivity index (χ0v) is 17.4. The van der Waals surface area contributed by atoms with E-state index in [2.05, 4.69) is 26.0 Å². The molecule has 0 N–H and O–H groups in total. The van der Waals surface area contributed by atoms with Crippen molar-refractivity contribution in [3.63, 3.8) is 0 Å². The van der Waals surface area contributed by atoms with Gasteiger partial charge in [-0.15, -0.1) is 0 Å². The quantitative estimate of drug-likeness (QED) is 0.597. The van der Waals surface area contributed by atoms with E-state index in [0.29, 0.717) is 0 Å². The molecule has 0 amide bonds. The van der Waals surface area contributed by atoms with Crippen LogP contribution in [0.3, 0.4) is 0 Å². The molecule has 2 rings (SSSR count). The van der Waals surface area contributed by atoms with E-state index in [1.54, 1.807) is 0 Å². The Morgan fingerprint density at radius 3 is 1.73 bits per heavy atom. The van der Waals surface area contributed by atoms with Crippen LogP contribution in [0.25, 0.3) is 5.57 Å². The highest BCUT2D eigenvalue weighted by molar-refractivity contribution is 6.25. The van der Waals surface area contributed by atoms with Gasteiger partial charge >= 0.3 is 0 Å². The van der Waals surface area contributed by atoms with Gasteiger partial charge in [0.1, 0.15) is 5.71 Å². The number of rotatable bonds is 8. The predicted molar refractivity (Wildman–Crippen MR) is 107 cm³/mol. The minimum absolute atomic E-state index is 0.0228. The van der Waals surface area contributed by atoms with Crippen LogP contribution in [0.5, 0.6) is 0 Å². The number of ether oxygens (including phenoxy) is 3. The Labute approximate surface area is 158 Å². The van der Waals surface area contributed by atoms with Gasteiger partial charge in [-0.05, 0) is 61.0 Å². The fraction of sp³-hybridized carbons (Fsp3) is 0.591. The number of aliphatic imine (C=N–C) groups is 1. The standard InChI is InChI=1S/C22H33NO3/c1-14(2)23-21-20(24-15(3)4)19(18-12-10-9-11-13-18)22(21,25-16(5)6)26-17(7)8/h9-17H,1-8H3. The lowest BCUT2D eigenvalue weighted by Crippen LogP contribution is -2.57. The highest BCUT2D eigenvalue weighted by atomic mass is 16.7. The van der Waals surface area contributed by atoms with Crippen molar-refractivity contribution in [2.75, 3.05) is 0 Å². The van der Waals surface area contributed by atoms with E-state index in [9.17, 15) is 0 Å². The maximum Gasteiger partial charge on any atom is 0.248 e. The summed E-state index contributed by atoms with van der Waals surface area (Å²) in [6, 6.07) is 10.3. The van der Waals surface area contributed by atoms with Crippen LogP contribution in [0.2, 0.25) is 0 Å². The van der Waals surface area contributed by atoms with Crippen molar-refractivity contribution in [1.82, 2.24) is 0 Å². The topological polar surface area (TPSA) is 40.0 Å². The van der Waals surface area contributed by atoms with Crippen LogP contribution in [-0.2, 0) is 14.2 Å². The Kier molecular flexibility index (Phi) is 6.64. The highest BCUT2D eigenvalue weighted by Crippen LogP contribution is 2.49. The van der Waals surface area contributed by atoms with Crippen LogP contribution in [0.4, 0.5) is 0 Å². The summed E-state index contributed by atoms with van der Waals surface area (Å²) >= 11 is 0. The number of hydrogen-bond acceptors (Lipinski definition) is 4. The van der Waals surface area contributed by atoms with Crippen LogP contribution in [0.15, 0.2) is 41.1 Å². The average Bonchev–Trinajstić information content (AvgIpc) is 2.51.